The highest BCUT2D eigenvalue weighted by Gasteiger charge is 2.49. The minimum atomic E-state index is 0.592. The molecule has 3 saturated carbocycles. The van der Waals surface area contributed by atoms with E-state index >= 15 is 0 Å². The summed E-state index contributed by atoms with van der Waals surface area (Å²) < 4.78 is 0. The smallest absolute Gasteiger partial charge is 0.0101 e. The molecule has 3 aliphatic carbocycles. The average Bonchev–Trinajstić information content (AvgIpc) is 2.50. The lowest BCUT2D eigenvalue weighted by Crippen LogP contribution is -2.41. The molecule has 0 saturated heterocycles. The van der Waals surface area contributed by atoms with Crippen molar-refractivity contribution >= 4 is 0 Å². The zero-order chi connectivity index (χ0) is 8.13. The molecule has 3 fully saturated rings. The van der Waals surface area contributed by atoms with E-state index in [-0.39, 0.29) is 0 Å². The second kappa shape index (κ2) is 2.47. The van der Waals surface area contributed by atoms with E-state index in [1.165, 1.54) is 38.5 Å². The van der Waals surface area contributed by atoms with Gasteiger partial charge in [0.1, 0.15) is 0 Å². The molecular weight excluding hydrogens is 146 g/mol. The Hall–Kier alpha value is -0.0400. The van der Waals surface area contributed by atoms with Gasteiger partial charge in [0.25, 0.3) is 0 Å². The van der Waals surface area contributed by atoms with Gasteiger partial charge in [-0.3, -0.25) is 0 Å². The minimum absolute atomic E-state index is 0.592. The van der Waals surface area contributed by atoms with E-state index in [9.17, 15) is 0 Å². The molecule has 0 aromatic rings. The van der Waals surface area contributed by atoms with Crippen molar-refractivity contribution in [1.82, 2.24) is 0 Å². The SMILES string of the molecule is N[C@@H]1C(C2CCC2)[C@H]2CC[C@@H]1C2. The van der Waals surface area contributed by atoms with Crippen LogP contribution in [0, 0.1) is 23.7 Å². The molecular formula is C11H19N. The third-order valence-corrected chi connectivity index (χ3v) is 4.74. The van der Waals surface area contributed by atoms with Gasteiger partial charge in [-0.15, -0.1) is 0 Å². The first kappa shape index (κ1) is 7.37. The molecule has 2 bridgehead atoms. The monoisotopic (exact) mass is 165 g/mol. The molecule has 4 atom stereocenters. The molecule has 1 unspecified atom stereocenters. The Morgan fingerprint density at radius 1 is 0.833 bits per heavy atom. The molecule has 3 aliphatic rings. The Morgan fingerprint density at radius 2 is 1.58 bits per heavy atom. The van der Waals surface area contributed by atoms with Crippen LogP contribution in [0.3, 0.4) is 0 Å². The molecule has 0 aromatic heterocycles. The standard InChI is InChI=1S/C11H19N/c12-11-9-5-4-8(6-9)10(11)7-2-1-3-7/h7-11H,1-6,12H2/t8-,9+,10?,11-/m0/s1. The Bertz CT molecular complexity index is 183. The van der Waals surface area contributed by atoms with Crippen molar-refractivity contribution in [2.24, 2.45) is 29.4 Å². The molecule has 0 radical (unpaired) electrons. The zero-order valence-corrected chi connectivity index (χ0v) is 7.71. The van der Waals surface area contributed by atoms with Crippen molar-refractivity contribution in [3.8, 4) is 0 Å². The fraction of sp³-hybridized carbons (Fsp3) is 1.00. The predicted octanol–water partition coefficient (Wildman–Crippen LogP) is 2.16. The van der Waals surface area contributed by atoms with E-state index in [1.807, 2.05) is 0 Å². The van der Waals surface area contributed by atoms with Crippen molar-refractivity contribution in [3.63, 3.8) is 0 Å². The summed E-state index contributed by atoms with van der Waals surface area (Å²) in [6.07, 6.45) is 8.87. The van der Waals surface area contributed by atoms with Gasteiger partial charge < -0.3 is 5.73 Å². The Labute approximate surface area is 74.7 Å². The molecule has 0 amide bonds. The van der Waals surface area contributed by atoms with Crippen LogP contribution in [0.15, 0.2) is 0 Å². The maximum atomic E-state index is 6.27. The van der Waals surface area contributed by atoms with E-state index in [0.717, 1.165) is 23.7 Å². The summed E-state index contributed by atoms with van der Waals surface area (Å²) in [5.41, 5.74) is 6.27. The minimum Gasteiger partial charge on any atom is -0.327 e. The Kier molecular flexibility index (Phi) is 1.52. The van der Waals surface area contributed by atoms with E-state index in [4.69, 9.17) is 5.73 Å². The highest BCUT2D eigenvalue weighted by molar-refractivity contribution is 5.02. The van der Waals surface area contributed by atoms with Crippen LogP contribution in [0.1, 0.15) is 38.5 Å². The van der Waals surface area contributed by atoms with Gasteiger partial charge in [-0.1, -0.05) is 19.3 Å². The van der Waals surface area contributed by atoms with Crippen LogP contribution in [0.4, 0.5) is 0 Å². The van der Waals surface area contributed by atoms with Crippen LogP contribution >= 0.6 is 0 Å². The highest BCUT2D eigenvalue weighted by Crippen LogP contribution is 2.54. The Morgan fingerprint density at radius 3 is 2.08 bits per heavy atom. The van der Waals surface area contributed by atoms with E-state index in [1.54, 1.807) is 0 Å². The quantitative estimate of drug-likeness (QED) is 0.633. The van der Waals surface area contributed by atoms with Gasteiger partial charge >= 0.3 is 0 Å². The van der Waals surface area contributed by atoms with Crippen LogP contribution in [0.25, 0.3) is 0 Å². The van der Waals surface area contributed by atoms with Crippen molar-refractivity contribution in [2.45, 2.75) is 44.6 Å². The van der Waals surface area contributed by atoms with Crippen molar-refractivity contribution in [3.05, 3.63) is 0 Å². The summed E-state index contributed by atoms with van der Waals surface area (Å²) >= 11 is 0. The summed E-state index contributed by atoms with van der Waals surface area (Å²) in [4.78, 5) is 0. The summed E-state index contributed by atoms with van der Waals surface area (Å²) in [6.45, 7) is 0. The molecule has 12 heavy (non-hydrogen) atoms. The van der Waals surface area contributed by atoms with Crippen molar-refractivity contribution in [1.29, 1.82) is 0 Å². The normalized spacial score (nSPS) is 52.8. The third-order valence-electron chi connectivity index (χ3n) is 4.74. The number of hydrogen-bond donors (Lipinski definition) is 1. The summed E-state index contributed by atoms with van der Waals surface area (Å²) in [5.74, 6) is 3.93. The molecule has 0 spiro atoms. The number of fused-ring (bicyclic) bond motifs is 2. The van der Waals surface area contributed by atoms with Gasteiger partial charge in [0.2, 0.25) is 0 Å². The molecule has 0 heterocycles. The molecule has 0 aliphatic heterocycles. The largest absolute Gasteiger partial charge is 0.327 e. The van der Waals surface area contributed by atoms with Crippen LogP contribution in [0.5, 0.6) is 0 Å². The molecule has 2 N–H and O–H groups in total. The summed E-state index contributed by atoms with van der Waals surface area (Å²) in [6, 6.07) is 0.592. The zero-order valence-electron chi connectivity index (χ0n) is 7.71. The lowest BCUT2D eigenvalue weighted by molar-refractivity contribution is 0.128. The second-order valence-corrected chi connectivity index (χ2v) is 5.18. The maximum absolute atomic E-state index is 6.27. The molecule has 1 heteroatoms. The molecule has 1 nitrogen and oxygen atoms in total. The molecule has 68 valence electrons. The predicted molar refractivity (Wildman–Crippen MR) is 49.6 cm³/mol. The van der Waals surface area contributed by atoms with Crippen LogP contribution < -0.4 is 5.73 Å². The summed E-state index contributed by atoms with van der Waals surface area (Å²) in [7, 11) is 0. The second-order valence-electron chi connectivity index (χ2n) is 5.18. The van der Waals surface area contributed by atoms with Crippen LogP contribution in [-0.4, -0.2) is 6.04 Å². The van der Waals surface area contributed by atoms with Crippen molar-refractivity contribution < 1.29 is 0 Å². The van der Waals surface area contributed by atoms with Crippen molar-refractivity contribution in [2.75, 3.05) is 0 Å². The highest BCUT2D eigenvalue weighted by atomic mass is 14.7. The lowest BCUT2D eigenvalue weighted by Gasteiger charge is -2.39. The lowest BCUT2D eigenvalue weighted by atomic mass is 9.68. The summed E-state index contributed by atoms with van der Waals surface area (Å²) in [5, 5.41) is 0. The van der Waals surface area contributed by atoms with Gasteiger partial charge in [-0.25, -0.2) is 0 Å². The van der Waals surface area contributed by atoms with Gasteiger partial charge in [-0.2, -0.15) is 0 Å². The fourth-order valence-electron chi connectivity index (χ4n) is 3.90. The first-order valence-corrected chi connectivity index (χ1v) is 5.62. The number of rotatable bonds is 1. The average molecular weight is 165 g/mol. The fourth-order valence-corrected chi connectivity index (χ4v) is 3.90. The van der Waals surface area contributed by atoms with Crippen LogP contribution in [-0.2, 0) is 0 Å². The van der Waals surface area contributed by atoms with Gasteiger partial charge in [0, 0.05) is 6.04 Å². The van der Waals surface area contributed by atoms with Gasteiger partial charge in [0.15, 0.2) is 0 Å². The van der Waals surface area contributed by atoms with Gasteiger partial charge in [0.05, 0.1) is 0 Å². The van der Waals surface area contributed by atoms with Crippen LogP contribution in [0.2, 0.25) is 0 Å². The first-order chi connectivity index (χ1) is 5.86. The topological polar surface area (TPSA) is 26.0 Å². The van der Waals surface area contributed by atoms with E-state index in [0.29, 0.717) is 6.04 Å². The Balaban J connectivity index is 1.77. The number of hydrogen-bond acceptors (Lipinski definition) is 1. The van der Waals surface area contributed by atoms with Gasteiger partial charge in [-0.05, 0) is 42.9 Å². The maximum Gasteiger partial charge on any atom is 0.0101 e. The van der Waals surface area contributed by atoms with E-state index in [2.05, 4.69) is 0 Å². The first-order valence-electron chi connectivity index (χ1n) is 5.62. The van der Waals surface area contributed by atoms with E-state index < -0.39 is 0 Å². The number of nitrogens with two attached hydrogens (primary N) is 1. The third kappa shape index (κ3) is 0.834. The molecule has 3 rings (SSSR count). The molecule has 0 aromatic carbocycles.